The Morgan fingerprint density at radius 3 is 2.70 bits per heavy atom. The van der Waals surface area contributed by atoms with Crippen LogP contribution in [0.15, 0.2) is 16.0 Å². The van der Waals surface area contributed by atoms with E-state index in [-0.39, 0.29) is 5.56 Å². The fourth-order valence-corrected chi connectivity index (χ4v) is 3.08. The van der Waals surface area contributed by atoms with E-state index in [2.05, 4.69) is 28.5 Å². The maximum Gasteiger partial charge on any atom is 0.275 e. The third-order valence-electron chi connectivity index (χ3n) is 3.13. The van der Waals surface area contributed by atoms with Gasteiger partial charge in [0, 0.05) is 24.1 Å². The molecule has 0 aliphatic carbocycles. The molecule has 2 heterocycles. The van der Waals surface area contributed by atoms with Crippen LogP contribution < -0.4 is 5.56 Å². The van der Waals surface area contributed by atoms with Crippen molar-refractivity contribution in [2.75, 3.05) is 5.75 Å². The van der Waals surface area contributed by atoms with Gasteiger partial charge in [0.25, 0.3) is 5.56 Å². The Bertz CT molecular complexity index is 632. The van der Waals surface area contributed by atoms with Crippen LogP contribution >= 0.6 is 11.8 Å². The lowest BCUT2D eigenvalue weighted by atomic mass is 10.3. The summed E-state index contributed by atoms with van der Waals surface area (Å²) in [6.07, 6.45) is 4.50. The standard InChI is InChI=1S/C14H22N4OS/c1-4-6-8-17-13-15-11(3)10-12(19)18(13)16-14(17)20-9-7-5-2/h10H,4-9H2,1-3H3. The highest BCUT2D eigenvalue weighted by Gasteiger charge is 2.13. The number of aryl methyl sites for hydroxylation is 2. The number of hydrogen-bond acceptors (Lipinski definition) is 4. The predicted octanol–water partition coefficient (Wildman–Crippen LogP) is 2.89. The van der Waals surface area contributed by atoms with Gasteiger partial charge < -0.3 is 0 Å². The van der Waals surface area contributed by atoms with E-state index in [9.17, 15) is 4.79 Å². The molecule has 110 valence electrons. The topological polar surface area (TPSA) is 52.2 Å². The Balaban J connectivity index is 2.43. The highest BCUT2D eigenvalue weighted by atomic mass is 32.2. The van der Waals surface area contributed by atoms with Crippen LogP contribution in [0.5, 0.6) is 0 Å². The van der Waals surface area contributed by atoms with Gasteiger partial charge >= 0.3 is 0 Å². The number of thioether (sulfide) groups is 1. The molecule has 2 aromatic heterocycles. The lowest BCUT2D eigenvalue weighted by Crippen LogP contribution is -2.15. The Hall–Kier alpha value is -1.30. The fraction of sp³-hybridized carbons (Fsp3) is 0.643. The Labute approximate surface area is 123 Å². The minimum atomic E-state index is -0.0971. The molecule has 0 spiro atoms. The third-order valence-corrected chi connectivity index (χ3v) is 4.18. The average Bonchev–Trinajstić information content (AvgIpc) is 2.75. The predicted molar refractivity (Wildman–Crippen MR) is 82.5 cm³/mol. The summed E-state index contributed by atoms with van der Waals surface area (Å²) in [6.45, 7) is 7.05. The van der Waals surface area contributed by atoms with E-state index in [1.54, 1.807) is 11.8 Å². The maximum atomic E-state index is 12.0. The first-order valence-electron chi connectivity index (χ1n) is 7.27. The van der Waals surface area contributed by atoms with E-state index in [0.29, 0.717) is 5.78 Å². The zero-order chi connectivity index (χ0) is 14.5. The third kappa shape index (κ3) is 3.23. The molecule has 0 unspecified atom stereocenters. The van der Waals surface area contributed by atoms with Crippen LogP contribution in [0.2, 0.25) is 0 Å². The van der Waals surface area contributed by atoms with Crippen molar-refractivity contribution in [3.8, 4) is 0 Å². The number of aromatic nitrogens is 4. The monoisotopic (exact) mass is 294 g/mol. The molecule has 0 N–H and O–H groups in total. The smallest absolute Gasteiger partial charge is 0.275 e. The van der Waals surface area contributed by atoms with Gasteiger partial charge in [-0.3, -0.25) is 9.36 Å². The van der Waals surface area contributed by atoms with Crippen LogP contribution in [0.25, 0.3) is 5.78 Å². The molecule has 0 aliphatic heterocycles. The number of hydrogen-bond donors (Lipinski definition) is 0. The second-order valence-electron chi connectivity index (χ2n) is 4.94. The minimum absolute atomic E-state index is 0.0971. The first kappa shape index (κ1) is 15.1. The Kier molecular flexibility index (Phi) is 5.23. The van der Waals surface area contributed by atoms with Crippen molar-refractivity contribution in [3.63, 3.8) is 0 Å². The molecule has 0 aromatic carbocycles. The van der Waals surface area contributed by atoms with Crippen molar-refractivity contribution in [3.05, 3.63) is 22.1 Å². The molecule has 2 rings (SSSR count). The molecule has 0 saturated carbocycles. The summed E-state index contributed by atoms with van der Waals surface area (Å²) in [4.78, 5) is 16.5. The molecule has 0 aliphatic rings. The van der Waals surface area contributed by atoms with Gasteiger partial charge in [0.2, 0.25) is 5.78 Å². The average molecular weight is 294 g/mol. The van der Waals surface area contributed by atoms with Crippen LogP contribution in [0, 0.1) is 6.92 Å². The van der Waals surface area contributed by atoms with Gasteiger partial charge in [-0.2, -0.15) is 4.52 Å². The number of nitrogens with zero attached hydrogens (tertiary/aromatic N) is 4. The normalized spacial score (nSPS) is 11.3. The molecule has 0 atom stereocenters. The highest BCUT2D eigenvalue weighted by Crippen LogP contribution is 2.20. The Morgan fingerprint density at radius 2 is 2.00 bits per heavy atom. The van der Waals surface area contributed by atoms with Crippen LogP contribution in [0.4, 0.5) is 0 Å². The summed E-state index contributed by atoms with van der Waals surface area (Å²) in [5, 5.41) is 5.35. The zero-order valence-electron chi connectivity index (χ0n) is 12.4. The van der Waals surface area contributed by atoms with Crippen LogP contribution in [-0.4, -0.2) is 24.9 Å². The first-order valence-corrected chi connectivity index (χ1v) is 8.26. The molecule has 6 heteroatoms. The highest BCUT2D eigenvalue weighted by molar-refractivity contribution is 7.99. The van der Waals surface area contributed by atoms with Crippen molar-refractivity contribution in [1.29, 1.82) is 0 Å². The lowest BCUT2D eigenvalue weighted by Gasteiger charge is -2.06. The number of fused-ring (bicyclic) bond motifs is 1. The zero-order valence-corrected chi connectivity index (χ0v) is 13.2. The minimum Gasteiger partial charge on any atom is -0.288 e. The molecule has 20 heavy (non-hydrogen) atoms. The molecule has 5 nitrogen and oxygen atoms in total. The molecule has 0 radical (unpaired) electrons. The summed E-state index contributed by atoms with van der Waals surface area (Å²) >= 11 is 1.71. The van der Waals surface area contributed by atoms with Gasteiger partial charge in [-0.15, -0.1) is 5.10 Å². The van der Waals surface area contributed by atoms with E-state index >= 15 is 0 Å². The summed E-state index contributed by atoms with van der Waals surface area (Å²) in [6, 6.07) is 1.53. The number of unbranched alkanes of at least 4 members (excludes halogenated alkanes) is 2. The molecular formula is C14H22N4OS. The fourth-order valence-electron chi connectivity index (χ4n) is 2.00. The van der Waals surface area contributed by atoms with Gasteiger partial charge in [0.15, 0.2) is 5.16 Å². The lowest BCUT2D eigenvalue weighted by molar-refractivity contribution is 0.597. The molecule has 0 saturated heterocycles. The van der Waals surface area contributed by atoms with Crippen molar-refractivity contribution in [2.24, 2.45) is 0 Å². The quantitative estimate of drug-likeness (QED) is 0.582. The van der Waals surface area contributed by atoms with Crippen molar-refractivity contribution >= 4 is 17.5 Å². The summed E-state index contributed by atoms with van der Waals surface area (Å²) < 4.78 is 3.51. The number of rotatable bonds is 7. The summed E-state index contributed by atoms with van der Waals surface area (Å²) in [5.74, 6) is 1.70. The van der Waals surface area contributed by atoms with E-state index in [1.165, 1.54) is 17.0 Å². The Morgan fingerprint density at radius 1 is 1.25 bits per heavy atom. The molecule has 0 bridgehead atoms. The van der Waals surface area contributed by atoms with Crippen LogP contribution in [0.1, 0.15) is 45.2 Å². The first-order chi connectivity index (χ1) is 9.67. The van der Waals surface area contributed by atoms with Gasteiger partial charge in [-0.05, 0) is 19.8 Å². The van der Waals surface area contributed by atoms with Crippen molar-refractivity contribution in [1.82, 2.24) is 19.2 Å². The van der Waals surface area contributed by atoms with E-state index in [0.717, 1.165) is 42.4 Å². The van der Waals surface area contributed by atoms with E-state index in [4.69, 9.17) is 0 Å². The molecule has 0 amide bonds. The molecule has 2 aromatic rings. The van der Waals surface area contributed by atoms with Crippen molar-refractivity contribution < 1.29 is 0 Å². The molecular weight excluding hydrogens is 272 g/mol. The maximum absolute atomic E-state index is 12.0. The van der Waals surface area contributed by atoms with E-state index in [1.807, 2.05) is 6.92 Å². The van der Waals surface area contributed by atoms with Crippen LogP contribution in [0.3, 0.4) is 0 Å². The summed E-state index contributed by atoms with van der Waals surface area (Å²) in [7, 11) is 0. The summed E-state index contributed by atoms with van der Waals surface area (Å²) in [5.41, 5.74) is 0.651. The second kappa shape index (κ2) is 6.92. The SMILES string of the molecule is CCCCSc1nn2c(=O)cc(C)nc2n1CCCC. The van der Waals surface area contributed by atoms with Gasteiger partial charge in [0.1, 0.15) is 0 Å². The van der Waals surface area contributed by atoms with Crippen LogP contribution in [-0.2, 0) is 6.54 Å². The van der Waals surface area contributed by atoms with Gasteiger partial charge in [-0.1, -0.05) is 38.5 Å². The second-order valence-corrected chi connectivity index (χ2v) is 6.00. The van der Waals surface area contributed by atoms with Gasteiger partial charge in [0.05, 0.1) is 0 Å². The van der Waals surface area contributed by atoms with Crippen molar-refractivity contribution in [2.45, 2.75) is 58.2 Å². The molecule has 0 fully saturated rings. The largest absolute Gasteiger partial charge is 0.288 e. The van der Waals surface area contributed by atoms with E-state index < -0.39 is 0 Å². The van der Waals surface area contributed by atoms with Gasteiger partial charge in [-0.25, -0.2) is 4.98 Å².